The number of nitrogens with one attached hydrogen (secondary N) is 2. The van der Waals surface area contributed by atoms with Crippen molar-refractivity contribution in [3.8, 4) is 5.75 Å². The molecule has 1 aliphatic rings. The zero-order valence-corrected chi connectivity index (χ0v) is 18.2. The van der Waals surface area contributed by atoms with Gasteiger partial charge in [-0.3, -0.25) is 4.99 Å². The van der Waals surface area contributed by atoms with Crippen molar-refractivity contribution in [1.29, 1.82) is 0 Å². The highest BCUT2D eigenvalue weighted by molar-refractivity contribution is 14.0. The Morgan fingerprint density at radius 3 is 2.38 bits per heavy atom. The minimum Gasteiger partial charge on any atom is -0.508 e. The molecule has 0 unspecified atom stereocenters. The lowest BCUT2D eigenvalue weighted by molar-refractivity contribution is 0.0277. The number of aliphatic imine (C=N–C) groups is 1. The number of aromatic hydroxyl groups is 1. The third kappa shape index (κ3) is 9.62. The third-order valence-corrected chi connectivity index (χ3v) is 4.61. The van der Waals surface area contributed by atoms with Gasteiger partial charge in [0.15, 0.2) is 5.96 Å². The number of rotatable bonds is 9. The standard InChI is InChI=1S/C20H33N3O2.HI/c1-21-20(22-14-5-7-17-10-12-18(24)13-11-17)23-15-6-16-25-19-8-3-2-4-9-19;/h10-13,19,24H,2-9,14-16H2,1H3,(H2,21,22,23);1H. The van der Waals surface area contributed by atoms with E-state index in [-0.39, 0.29) is 24.0 Å². The average Bonchev–Trinajstić information content (AvgIpc) is 2.65. The van der Waals surface area contributed by atoms with Gasteiger partial charge in [0.2, 0.25) is 0 Å². The Hall–Kier alpha value is -1.02. The molecule has 1 aromatic carbocycles. The maximum absolute atomic E-state index is 9.28. The van der Waals surface area contributed by atoms with Gasteiger partial charge in [-0.2, -0.15) is 0 Å². The fourth-order valence-electron chi connectivity index (χ4n) is 3.14. The van der Waals surface area contributed by atoms with Crippen LogP contribution in [-0.2, 0) is 11.2 Å². The SMILES string of the molecule is CN=C(NCCCOC1CCCCC1)NCCCc1ccc(O)cc1.I. The lowest BCUT2D eigenvalue weighted by Crippen LogP contribution is -2.38. The molecule has 1 fully saturated rings. The van der Waals surface area contributed by atoms with Gasteiger partial charge < -0.3 is 20.5 Å². The summed E-state index contributed by atoms with van der Waals surface area (Å²) < 4.78 is 5.94. The van der Waals surface area contributed by atoms with Crippen LogP contribution in [0, 0.1) is 0 Å². The summed E-state index contributed by atoms with van der Waals surface area (Å²) in [6.07, 6.45) is 9.99. The molecule has 0 amide bonds. The number of hydrogen-bond donors (Lipinski definition) is 3. The molecule has 0 atom stereocenters. The van der Waals surface area contributed by atoms with Crippen molar-refractivity contribution in [2.75, 3.05) is 26.7 Å². The molecule has 1 aromatic rings. The summed E-state index contributed by atoms with van der Waals surface area (Å²) in [7, 11) is 1.80. The van der Waals surface area contributed by atoms with Gasteiger partial charge in [0, 0.05) is 26.7 Å². The minimum atomic E-state index is 0. The van der Waals surface area contributed by atoms with Gasteiger partial charge in [-0.1, -0.05) is 31.4 Å². The monoisotopic (exact) mass is 475 g/mol. The van der Waals surface area contributed by atoms with E-state index < -0.39 is 0 Å². The van der Waals surface area contributed by atoms with Gasteiger partial charge in [-0.25, -0.2) is 0 Å². The van der Waals surface area contributed by atoms with Crippen molar-refractivity contribution in [2.24, 2.45) is 4.99 Å². The molecule has 26 heavy (non-hydrogen) atoms. The summed E-state index contributed by atoms with van der Waals surface area (Å²) in [5.74, 6) is 1.17. The third-order valence-electron chi connectivity index (χ3n) is 4.61. The number of hydrogen-bond acceptors (Lipinski definition) is 3. The molecule has 0 radical (unpaired) electrons. The minimum absolute atomic E-state index is 0. The van der Waals surface area contributed by atoms with Crippen LogP contribution in [0.3, 0.4) is 0 Å². The van der Waals surface area contributed by atoms with Crippen LogP contribution in [0.15, 0.2) is 29.3 Å². The normalized spacial score (nSPS) is 15.3. The molecule has 0 heterocycles. The van der Waals surface area contributed by atoms with E-state index in [1.807, 2.05) is 12.1 Å². The van der Waals surface area contributed by atoms with Crippen LogP contribution in [0.4, 0.5) is 0 Å². The number of aryl methyl sites for hydroxylation is 1. The van der Waals surface area contributed by atoms with Crippen LogP contribution in [0.2, 0.25) is 0 Å². The number of halogens is 1. The first-order valence-electron chi connectivity index (χ1n) is 9.62. The summed E-state index contributed by atoms with van der Waals surface area (Å²) in [4.78, 5) is 4.25. The van der Waals surface area contributed by atoms with E-state index in [0.29, 0.717) is 11.9 Å². The van der Waals surface area contributed by atoms with Crippen LogP contribution in [0.1, 0.15) is 50.5 Å². The topological polar surface area (TPSA) is 65.9 Å². The molecular weight excluding hydrogens is 441 g/mol. The molecule has 6 heteroatoms. The number of guanidine groups is 1. The fraction of sp³-hybridized carbons (Fsp3) is 0.650. The lowest BCUT2D eigenvalue weighted by Gasteiger charge is -2.22. The van der Waals surface area contributed by atoms with E-state index in [9.17, 15) is 5.11 Å². The Labute approximate surface area is 175 Å². The van der Waals surface area contributed by atoms with Crippen molar-refractivity contribution in [3.63, 3.8) is 0 Å². The molecular formula is C20H34IN3O2. The molecule has 0 aliphatic heterocycles. The van der Waals surface area contributed by atoms with Crippen molar-refractivity contribution < 1.29 is 9.84 Å². The zero-order chi connectivity index (χ0) is 17.7. The van der Waals surface area contributed by atoms with Gasteiger partial charge in [0.1, 0.15) is 5.75 Å². The Morgan fingerprint density at radius 1 is 1.08 bits per heavy atom. The first kappa shape index (κ1) is 23.0. The zero-order valence-electron chi connectivity index (χ0n) is 15.9. The Bertz CT molecular complexity index is 502. The first-order valence-corrected chi connectivity index (χ1v) is 9.62. The van der Waals surface area contributed by atoms with E-state index in [2.05, 4.69) is 15.6 Å². The van der Waals surface area contributed by atoms with Crippen molar-refractivity contribution >= 4 is 29.9 Å². The maximum Gasteiger partial charge on any atom is 0.190 e. The van der Waals surface area contributed by atoms with E-state index in [4.69, 9.17) is 4.74 Å². The molecule has 5 nitrogen and oxygen atoms in total. The number of phenolic OH excluding ortho intramolecular Hbond substituents is 1. The Kier molecular flexibility index (Phi) is 12.5. The predicted octanol–water partition coefficient (Wildman–Crippen LogP) is 3.85. The molecule has 148 valence electrons. The number of phenols is 1. The van der Waals surface area contributed by atoms with E-state index in [1.165, 1.54) is 37.7 Å². The average molecular weight is 475 g/mol. The highest BCUT2D eigenvalue weighted by atomic mass is 127. The van der Waals surface area contributed by atoms with Crippen LogP contribution in [-0.4, -0.2) is 43.9 Å². The molecule has 0 aromatic heterocycles. The number of ether oxygens (including phenoxy) is 1. The molecule has 0 saturated heterocycles. The van der Waals surface area contributed by atoms with E-state index in [1.54, 1.807) is 19.2 Å². The fourth-order valence-corrected chi connectivity index (χ4v) is 3.14. The lowest BCUT2D eigenvalue weighted by atomic mass is 9.98. The molecule has 3 N–H and O–H groups in total. The summed E-state index contributed by atoms with van der Waals surface area (Å²) in [5.41, 5.74) is 1.24. The van der Waals surface area contributed by atoms with Gasteiger partial charge in [-0.05, 0) is 49.8 Å². The molecule has 1 aliphatic carbocycles. The smallest absolute Gasteiger partial charge is 0.190 e. The molecule has 0 spiro atoms. The molecule has 1 saturated carbocycles. The summed E-state index contributed by atoms with van der Waals surface area (Å²) >= 11 is 0. The van der Waals surface area contributed by atoms with Crippen molar-refractivity contribution in [2.45, 2.75) is 57.5 Å². The second kappa shape index (κ2) is 14.1. The Morgan fingerprint density at radius 2 is 1.73 bits per heavy atom. The van der Waals surface area contributed by atoms with Crippen LogP contribution >= 0.6 is 24.0 Å². The van der Waals surface area contributed by atoms with Crippen molar-refractivity contribution in [3.05, 3.63) is 29.8 Å². The van der Waals surface area contributed by atoms with E-state index in [0.717, 1.165) is 44.9 Å². The van der Waals surface area contributed by atoms with Gasteiger partial charge in [0.05, 0.1) is 6.10 Å². The van der Waals surface area contributed by atoms with Gasteiger partial charge in [-0.15, -0.1) is 24.0 Å². The summed E-state index contributed by atoms with van der Waals surface area (Å²) in [6, 6.07) is 7.40. The number of nitrogens with zero attached hydrogens (tertiary/aromatic N) is 1. The largest absolute Gasteiger partial charge is 0.508 e. The predicted molar refractivity (Wildman–Crippen MR) is 119 cm³/mol. The van der Waals surface area contributed by atoms with E-state index >= 15 is 0 Å². The highest BCUT2D eigenvalue weighted by Crippen LogP contribution is 2.20. The van der Waals surface area contributed by atoms with Crippen molar-refractivity contribution in [1.82, 2.24) is 10.6 Å². The van der Waals surface area contributed by atoms with Gasteiger partial charge in [0.25, 0.3) is 0 Å². The highest BCUT2D eigenvalue weighted by Gasteiger charge is 2.12. The maximum atomic E-state index is 9.28. The second-order valence-corrected chi connectivity index (χ2v) is 6.68. The van der Waals surface area contributed by atoms with Gasteiger partial charge >= 0.3 is 0 Å². The molecule has 0 bridgehead atoms. The van der Waals surface area contributed by atoms with Crippen LogP contribution in [0.25, 0.3) is 0 Å². The number of benzene rings is 1. The molecule has 2 rings (SSSR count). The first-order chi connectivity index (χ1) is 12.3. The second-order valence-electron chi connectivity index (χ2n) is 6.68. The quantitative estimate of drug-likeness (QED) is 0.220. The Balaban J connectivity index is 0.00000338. The summed E-state index contributed by atoms with van der Waals surface area (Å²) in [6.45, 7) is 2.58. The van der Waals surface area contributed by atoms with Crippen LogP contribution in [0.5, 0.6) is 5.75 Å². The summed E-state index contributed by atoms with van der Waals surface area (Å²) in [5, 5.41) is 16.0. The van der Waals surface area contributed by atoms with Crippen LogP contribution < -0.4 is 10.6 Å².